The fourth-order valence-corrected chi connectivity index (χ4v) is 3.47. The van der Waals surface area contributed by atoms with Crippen molar-refractivity contribution < 1.29 is 4.74 Å². The van der Waals surface area contributed by atoms with Crippen LogP contribution in [0.4, 0.5) is 0 Å². The number of hydrogen-bond donors (Lipinski definition) is 1. The zero-order chi connectivity index (χ0) is 10.8. The highest BCUT2D eigenvalue weighted by Gasteiger charge is 2.40. The molecule has 0 aromatic heterocycles. The van der Waals surface area contributed by atoms with E-state index in [1.54, 1.807) is 0 Å². The molecule has 2 saturated carbocycles. The van der Waals surface area contributed by atoms with E-state index in [0.29, 0.717) is 6.10 Å². The van der Waals surface area contributed by atoms with Crippen LogP contribution >= 0.6 is 0 Å². The van der Waals surface area contributed by atoms with Gasteiger partial charge in [-0.2, -0.15) is 0 Å². The lowest BCUT2D eigenvalue weighted by molar-refractivity contribution is 0.0529. The van der Waals surface area contributed by atoms with Crippen molar-refractivity contribution >= 4 is 0 Å². The normalized spacial score (nSPS) is 37.6. The lowest BCUT2D eigenvalue weighted by atomic mass is 9.71. The maximum Gasteiger partial charge on any atom is 0.0594 e. The molecule has 0 aliphatic heterocycles. The Labute approximate surface area is 98.4 Å². The van der Waals surface area contributed by atoms with Crippen molar-refractivity contribution in [3.05, 3.63) is 12.2 Å². The summed E-state index contributed by atoms with van der Waals surface area (Å²) in [5.74, 6) is 1.81. The topological polar surface area (TPSA) is 21.3 Å². The van der Waals surface area contributed by atoms with Gasteiger partial charge in [0.25, 0.3) is 0 Å². The Bertz CT molecular complexity index is 257. The molecule has 0 bridgehead atoms. The van der Waals surface area contributed by atoms with Gasteiger partial charge < -0.3 is 10.1 Å². The molecular weight excluding hydrogens is 198 g/mol. The standard InChI is InChI=1S/C14H23NO/c1-2-6-12(5-1)16-9-8-15-14-10-11-4-3-7-13(11)14/h3,7,11-15H,1-2,4-6,8-10H2. The average molecular weight is 221 g/mol. The molecule has 0 radical (unpaired) electrons. The first kappa shape index (κ1) is 10.8. The van der Waals surface area contributed by atoms with E-state index in [2.05, 4.69) is 17.5 Å². The van der Waals surface area contributed by atoms with Gasteiger partial charge in [-0.25, -0.2) is 0 Å². The first-order valence-electron chi connectivity index (χ1n) is 6.95. The molecule has 3 aliphatic rings. The quantitative estimate of drug-likeness (QED) is 0.569. The number of fused-ring (bicyclic) bond motifs is 1. The van der Waals surface area contributed by atoms with E-state index in [-0.39, 0.29) is 0 Å². The van der Waals surface area contributed by atoms with Crippen molar-refractivity contribution in [3.8, 4) is 0 Å². The molecular formula is C14H23NO. The third-order valence-electron chi connectivity index (χ3n) is 4.53. The number of hydrogen-bond acceptors (Lipinski definition) is 2. The molecule has 2 heteroatoms. The van der Waals surface area contributed by atoms with E-state index >= 15 is 0 Å². The molecule has 0 aromatic carbocycles. The van der Waals surface area contributed by atoms with E-state index in [4.69, 9.17) is 4.74 Å². The van der Waals surface area contributed by atoms with Crippen molar-refractivity contribution in [1.82, 2.24) is 5.32 Å². The van der Waals surface area contributed by atoms with Crippen LogP contribution in [-0.4, -0.2) is 25.3 Å². The van der Waals surface area contributed by atoms with Crippen molar-refractivity contribution in [2.75, 3.05) is 13.2 Å². The van der Waals surface area contributed by atoms with E-state index in [1.165, 1.54) is 38.5 Å². The van der Waals surface area contributed by atoms with Gasteiger partial charge in [-0.1, -0.05) is 25.0 Å². The summed E-state index contributed by atoms with van der Waals surface area (Å²) in [4.78, 5) is 0. The monoisotopic (exact) mass is 221 g/mol. The fraction of sp³-hybridized carbons (Fsp3) is 0.857. The Kier molecular flexibility index (Phi) is 3.30. The van der Waals surface area contributed by atoms with Crippen LogP contribution in [0.3, 0.4) is 0 Å². The molecule has 90 valence electrons. The van der Waals surface area contributed by atoms with Gasteiger partial charge in [0.2, 0.25) is 0 Å². The summed E-state index contributed by atoms with van der Waals surface area (Å²) >= 11 is 0. The van der Waals surface area contributed by atoms with Gasteiger partial charge in [0, 0.05) is 12.6 Å². The summed E-state index contributed by atoms with van der Waals surface area (Å²) in [5.41, 5.74) is 0. The van der Waals surface area contributed by atoms with Crippen LogP contribution in [0.1, 0.15) is 38.5 Å². The molecule has 3 aliphatic carbocycles. The predicted octanol–water partition coefficient (Wildman–Crippen LogP) is 2.50. The third kappa shape index (κ3) is 2.18. The van der Waals surface area contributed by atoms with E-state index in [0.717, 1.165) is 31.0 Å². The van der Waals surface area contributed by atoms with Crippen molar-refractivity contribution in [1.29, 1.82) is 0 Å². The molecule has 2 nitrogen and oxygen atoms in total. The van der Waals surface area contributed by atoms with Gasteiger partial charge in [-0.05, 0) is 37.5 Å². The molecule has 3 unspecified atom stereocenters. The van der Waals surface area contributed by atoms with Gasteiger partial charge in [-0.3, -0.25) is 0 Å². The summed E-state index contributed by atoms with van der Waals surface area (Å²) in [5, 5.41) is 3.64. The molecule has 3 rings (SSSR count). The number of allylic oxidation sites excluding steroid dienone is 1. The molecule has 0 aromatic rings. The highest BCUT2D eigenvalue weighted by Crippen LogP contribution is 2.42. The summed E-state index contributed by atoms with van der Waals surface area (Å²) in [6.45, 7) is 1.94. The highest BCUT2D eigenvalue weighted by molar-refractivity contribution is 5.12. The van der Waals surface area contributed by atoms with Crippen molar-refractivity contribution in [3.63, 3.8) is 0 Å². The van der Waals surface area contributed by atoms with Gasteiger partial charge in [0.05, 0.1) is 12.7 Å². The Morgan fingerprint density at radius 1 is 1.25 bits per heavy atom. The molecule has 2 fully saturated rings. The molecule has 0 saturated heterocycles. The zero-order valence-electron chi connectivity index (χ0n) is 10.0. The van der Waals surface area contributed by atoms with Crippen LogP contribution in [0.5, 0.6) is 0 Å². The van der Waals surface area contributed by atoms with E-state index in [1.807, 2.05) is 0 Å². The minimum atomic E-state index is 0.572. The Morgan fingerprint density at radius 3 is 2.94 bits per heavy atom. The summed E-state index contributed by atoms with van der Waals surface area (Å²) in [6.07, 6.45) is 13.3. The highest BCUT2D eigenvalue weighted by atomic mass is 16.5. The van der Waals surface area contributed by atoms with Crippen LogP contribution < -0.4 is 5.32 Å². The Hall–Kier alpha value is -0.340. The fourth-order valence-electron chi connectivity index (χ4n) is 3.47. The SMILES string of the molecule is C1=CC2C(C1)CC2NCCOC1CCCC1. The smallest absolute Gasteiger partial charge is 0.0594 e. The van der Waals surface area contributed by atoms with Crippen molar-refractivity contribution in [2.45, 2.75) is 50.7 Å². The minimum Gasteiger partial charge on any atom is -0.377 e. The second-order valence-electron chi connectivity index (χ2n) is 5.57. The summed E-state index contributed by atoms with van der Waals surface area (Å²) in [6, 6.07) is 0.746. The molecule has 1 N–H and O–H groups in total. The van der Waals surface area contributed by atoms with Crippen LogP contribution in [-0.2, 0) is 4.74 Å². The lowest BCUT2D eigenvalue weighted by Crippen LogP contribution is -2.49. The molecule has 3 atom stereocenters. The van der Waals surface area contributed by atoms with E-state index in [9.17, 15) is 0 Å². The first-order valence-corrected chi connectivity index (χ1v) is 6.95. The number of rotatable bonds is 5. The molecule has 0 heterocycles. The molecule has 0 amide bonds. The first-order chi connectivity index (χ1) is 7.93. The zero-order valence-corrected chi connectivity index (χ0v) is 10.0. The summed E-state index contributed by atoms with van der Waals surface area (Å²) < 4.78 is 5.85. The van der Waals surface area contributed by atoms with Crippen LogP contribution in [0, 0.1) is 11.8 Å². The predicted molar refractivity (Wildman–Crippen MR) is 65.4 cm³/mol. The summed E-state index contributed by atoms with van der Waals surface area (Å²) in [7, 11) is 0. The van der Waals surface area contributed by atoms with Crippen LogP contribution in [0.15, 0.2) is 12.2 Å². The second kappa shape index (κ2) is 4.89. The molecule has 0 spiro atoms. The maximum atomic E-state index is 5.85. The Balaban J connectivity index is 1.28. The number of ether oxygens (including phenoxy) is 1. The Morgan fingerprint density at radius 2 is 2.12 bits per heavy atom. The molecule has 16 heavy (non-hydrogen) atoms. The third-order valence-corrected chi connectivity index (χ3v) is 4.53. The average Bonchev–Trinajstić information content (AvgIpc) is 2.88. The largest absolute Gasteiger partial charge is 0.377 e. The van der Waals surface area contributed by atoms with Gasteiger partial charge >= 0.3 is 0 Å². The van der Waals surface area contributed by atoms with Gasteiger partial charge in [0.15, 0.2) is 0 Å². The van der Waals surface area contributed by atoms with Crippen LogP contribution in [0.2, 0.25) is 0 Å². The number of nitrogens with one attached hydrogen (secondary N) is 1. The maximum absolute atomic E-state index is 5.85. The van der Waals surface area contributed by atoms with Gasteiger partial charge in [-0.15, -0.1) is 0 Å². The lowest BCUT2D eigenvalue weighted by Gasteiger charge is -2.40. The second-order valence-corrected chi connectivity index (χ2v) is 5.57. The van der Waals surface area contributed by atoms with Crippen LogP contribution in [0.25, 0.3) is 0 Å². The minimum absolute atomic E-state index is 0.572. The van der Waals surface area contributed by atoms with Crippen molar-refractivity contribution in [2.24, 2.45) is 11.8 Å². The van der Waals surface area contributed by atoms with Gasteiger partial charge in [0.1, 0.15) is 0 Å². The van der Waals surface area contributed by atoms with E-state index < -0.39 is 0 Å².